The lowest BCUT2D eigenvalue weighted by atomic mass is 9.98. The molecule has 0 bridgehead atoms. The van der Waals surface area contributed by atoms with Gasteiger partial charge in [0.25, 0.3) is 0 Å². The van der Waals surface area contributed by atoms with E-state index in [4.69, 9.17) is 5.73 Å². The van der Waals surface area contributed by atoms with Gasteiger partial charge in [0.15, 0.2) is 0 Å². The van der Waals surface area contributed by atoms with Gasteiger partial charge in [0.1, 0.15) is 6.04 Å². The number of amides is 2. The molecule has 6 heteroatoms. The van der Waals surface area contributed by atoms with Crippen LogP contribution < -0.4 is 11.1 Å². The van der Waals surface area contributed by atoms with Crippen molar-refractivity contribution in [3.8, 4) is 0 Å². The van der Waals surface area contributed by atoms with Gasteiger partial charge in [-0.2, -0.15) is 0 Å². The highest BCUT2D eigenvalue weighted by Gasteiger charge is 2.19. The van der Waals surface area contributed by atoms with E-state index >= 15 is 0 Å². The van der Waals surface area contributed by atoms with Gasteiger partial charge in [-0.25, -0.2) is 4.98 Å². The van der Waals surface area contributed by atoms with Crippen molar-refractivity contribution in [3.63, 3.8) is 0 Å². The van der Waals surface area contributed by atoms with Crippen LogP contribution in [0.4, 0.5) is 0 Å². The molecule has 0 saturated heterocycles. The molecule has 0 unspecified atom stereocenters. The number of carbonyl (C=O) groups excluding carboxylic acids is 2. The molecule has 0 fully saturated rings. The van der Waals surface area contributed by atoms with Crippen LogP contribution in [-0.2, 0) is 15.0 Å². The van der Waals surface area contributed by atoms with Crippen LogP contribution in [0.2, 0.25) is 0 Å². The summed E-state index contributed by atoms with van der Waals surface area (Å²) in [6.07, 6.45) is 4.81. The second-order valence-corrected chi connectivity index (χ2v) is 7.47. The van der Waals surface area contributed by atoms with Crippen molar-refractivity contribution in [3.05, 3.63) is 58.1 Å². The third kappa shape index (κ3) is 4.76. The summed E-state index contributed by atoms with van der Waals surface area (Å²) >= 11 is 1.53. The minimum atomic E-state index is -0.852. The average Bonchev–Trinajstić information content (AvgIpc) is 3.00. The molecule has 1 aromatic carbocycles. The van der Waals surface area contributed by atoms with E-state index in [9.17, 15) is 9.59 Å². The Labute approximate surface area is 145 Å². The van der Waals surface area contributed by atoms with Gasteiger partial charge in [0, 0.05) is 22.6 Å². The Morgan fingerprint density at radius 1 is 1.25 bits per heavy atom. The minimum Gasteiger partial charge on any atom is -0.368 e. The number of nitrogens with zero attached hydrogens (tertiary/aromatic N) is 1. The number of rotatable bonds is 5. The maximum absolute atomic E-state index is 12.1. The Morgan fingerprint density at radius 3 is 2.46 bits per heavy atom. The van der Waals surface area contributed by atoms with E-state index in [2.05, 4.69) is 31.1 Å². The van der Waals surface area contributed by atoms with Crippen molar-refractivity contribution >= 4 is 29.2 Å². The van der Waals surface area contributed by atoms with Crippen molar-refractivity contribution in [2.24, 2.45) is 5.73 Å². The first-order valence-electron chi connectivity index (χ1n) is 7.56. The van der Waals surface area contributed by atoms with Crippen molar-refractivity contribution in [2.45, 2.75) is 32.2 Å². The van der Waals surface area contributed by atoms with E-state index < -0.39 is 11.9 Å². The smallest absolute Gasteiger partial charge is 0.244 e. The van der Waals surface area contributed by atoms with Crippen LogP contribution in [-0.4, -0.2) is 16.8 Å². The van der Waals surface area contributed by atoms with Crippen LogP contribution >= 0.6 is 11.3 Å². The van der Waals surface area contributed by atoms with Crippen LogP contribution in [0.1, 0.15) is 42.3 Å². The quantitative estimate of drug-likeness (QED) is 0.819. The van der Waals surface area contributed by atoms with Gasteiger partial charge < -0.3 is 11.1 Å². The highest BCUT2D eigenvalue weighted by molar-refractivity contribution is 7.12. The molecule has 0 saturated carbocycles. The first-order chi connectivity index (χ1) is 11.3. The molecular formula is C18H21N3O2S. The van der Waals surface area contributed by atoms with Crippen molar-refractivity contribution < 1.29 is 9.59 Å². The summed E-state index contributed by atoms with van der Waals surface area (Å²) in [6, 6.07) is 8.06. The summed E-state index contributed by atoms with van der Waals surface area (Å²) in [5.41, 5.74) is 6.02. The van der Waals surface area contributed by atoms with Crippen LogP contribution in [0.25, 0.3) is 6.08 Å². The van der Waals surface area contributed by atoms with Crippen LogP contribution in [0.15, 0.2) is 42.6 Å². The largest absolute Gasteiger partial charge is 0.368 e. The summed E-state index contributed by atoms with van der Waals surface area (Å²) in [7, 11) is 0. The minimum absolute atomic E-state index is 0.0244. The molecule has 126 valence electrons. The molecule has 1 atom stereocenters. The number of hydrogen-bond donors (Lipinski definition) is 2. The highest BCUT2D eigenvalue weighted by Crippen LogP contribution is 2.27. The number of aromatic nitrogens is 1. The van der Waals surface area contributed by atoms with Gasteiger partial charge in [0.2, 0.25) is 11.8 Å². The average molecular weight is 343 g/mol. The van der Waals surface area contributed by atoms with Crippen molar-refractivity contribution in [2.75, 3.05) is 0 Å². The number of benzene rings is 1. The zero-order chi connectivity index (χ0) is 17.7. The second kappa shape index (κ2) is 7.40. The predicted octanol–water partition coefficient (Wildman–Crippen LogP) is 2.80. The standard InChI is InChI=1S/C18H21N3O2S/c1-18(2,3)17-20-11-13(24-17)9-10-14(22)21-15(16(19)23)12-7-5-4-6-8-12/h4-11,15H,1-3H3,(H2,19,23)(H,21,22)/b10-9-/t15-/m0/s1. The maximum atomic E-state index is 12.1. The number of nitrogens with one attached hydrogen (secondary N) is 1. The van der Waals surface area contributed by atoms with E-state index in [1.807, 2.05) is 6.07 Å². The summed E-state index contributed by atoms with van der Waals surface area (Å²) in [6.45, 7) is 6.26. The van der Waals surface area contributed by atoms with Gasteiger partial charge in [0.05, 0.1) is 5.01 Å². The van der Waals surface area contributed by atoms with Gasteiger partial charge in [-0.3, -0.25) is 9.59 Å². The van der Waals surface area contributed by atoms with Gasteiger partial charge in [-0.05, 0) is 11.6 Å². The lowest BCUT2D eigenvalue weighted by molar-refractivity contribution is -0.125. The SMILES string of the molecule is CC(C)(C)c1ncc(/C=C\C(=O)N[C@H](C(N)=O)c2ccccc2)s1. The Hall–Kier alpha value is -2.47. The van der Waals surface area contributed by atoms with E-state index in [1.165, 1.54) is 17.4 Å². The zero-order valence-corrected chi connectivity index (χ0v) is 14.8. The molecule has 3 N–H and O–H groups in total. The summed E-state index contributed by atoms with van der Waals surface area (Å²) < 4.78 is 0. The van der Waals surface area contributed by atoms with E-state index in [0.29, 0.717) is 5.56 Å². The molecule has 1 heterocycles. The highest BCUT2D eigenvalue weighted by atomic mass is 32.1. The molecule has 2 amide bonds. The summed E-state index contributed by atoms with van der Waals surface area (Å²) in [5.74, 6) is -0.982. The Balaban J connectivity index is 2.06. The lowest BCUT2D eigenvalue weighted by Crippen LogP contribution is -2.36. The Bertz CT molecular complexity index is 745. The number of hydrogen-bond acceptors (Lipinski definition) is 4. The zero-order valence-electron chi connectivity index (χ0n) is 13.9. The monoisotopic (exact) mass is 343 g/mol. The first kappa shape index (κ1) is 17.9. The van der Waals surface area contributed by atoms with Crippen molar-refractivity contribution in [1.82, 2.24) is 10.3 Å². The van der Waals surface area contributed by atoms with E-state index in [1.54, 1.807) is 36.5 Å². The van der Waals surface area contributed by atoms with E-state index in [-0.39, 0.29) is 11.3 Å². The molecule has 2 aromatic rings. The normalized spacial score (nSPS) is 13.0. The summed E-state index contributed by atoms with van der Waals surface area (Å²) in [4.78, 5) is 28.9. The fourth-order valence-electron chi connectivity index (χ4n) is 2.02. The lowest BCUT2D eigenvalue weighted by Gasteiger charge is -2.14. The molecule has 0 radical (unpaired) electrons. The van der Waals surface area contributed by atoms with Gasteiger partial charge in [-0.1, -0.05) is 51.1 Å². The van der Waals surface area contributed by atoms with E-state index in [0.717, 1.165) is 9.88 Å². The number of carbonyl (C=O) groups is 2. The fourth-order valence-corrected chi connectivity index (χ4v) is 2.90. The number of nitrogens with two attached hydrogens (primary N) is 1. The van der Waals surface area contributed by atoms with Gasteiger partial charge >= 0.3 is 0 Å². The maximum Gasteiger partial charge on any atom is 0.244 e. The third-order valence-electron chi connectivity index (χ3n) is 3.27. The molecular weight excluding hydrogens is 322 g/mol. The molecule has 0 aliphatic heterocycles. The second-order valence-electron chi connectivity index (χ2n) is 6.41. The fraction of sp³-hybridized carbons (Fsp3) is 0.278. The molecule has 2 rings (SSSR count). The number of primary amides is 1. The van der Waals surface area contributed by atoms with Crippen molar-refractivity contribution in [1.29, 1.82) is 0 Å². The topological polar surface area (TPSA) is 85.1 Å². The predicted molar refractivity (Wildman–Crippen MR) is 96.4 cm³/mol. The van der Waals surface area contributed by atoms with Gasteiger partial charge in [-0.15, -0.1) is 11.3 Å². The molecule has 1 aromatic heterocycles. The first-order valence-corrected chi connectivity index (χ1v) is 8.38. The molecule has 0 aliphatic rings. The van der Waals surface area contributed by atoms with Crippen LogP contribution in [0.3, 0.4) is 0 Å². The third-order valence-corrected chi connectivity index (χ3v) is 4.66. The molecule has 0 spiro atoms. The summed E-state index contributed by atoms with van der Waals surface area (Å²) in [5, 5.41) is 3.63. The molecule has 0 aliphatic carbocycles. The van der Waals surface area contributed by atoms with Crippen LogP contribution in [0.5, 0.6) is 0 Å². The molecule has 24 heavy (non-hydrogen) atoms. The number of thiazole rings is 1. The van der Waals surface area contributed by atoms with Crippen LogP contribution in [0, 0.1) is 0 Å². The Morgan fingerprint density at radius 2 is 1.92 bits per heavy atom. The Kier molecular flexibility index (Phi) is 5.51. The molecule has 5 nitrogen and oxygen atoms in total.